The van der Waals surface area contributed by atoms with Crippen molar-refractivity contribution in [3.05, 3.63) is 24.0 Å². The van der Waals surface area contributed by atoms with Gasteiger partial charge in [-0.3, -0.25) is 0 Å². The molecule has 6 nitrogen and oxygen atoms in total. The number of aliphatic hydroxyl groups excluding tert-OH is 1. The van der Waals surface area contributed by atoms with Crippen LogP contribution in [0.4, 0.5) is 4.79 Å². The predicted molar refractivity (Wildman–Crippen MR) is 87.1 cm³/mol. The highest BCUT2D eigenvalue weighted by Gasteiger charge is 2.17. The van der Waals surface area contributed by atoms with Crippen molar-refractivity contribution in [2.24, 2.45) is 0 Å². The van der Waals surface area contributed by atoms with Crippen molar-refractivity contribution in [2.45, 2.75) is 52.4 Å². The molecule has 2 N–H and O–H groups in total. The maximum atomic E-state index is 11.7. The third-order valence-electron chi connectivity index (χ3n) is 2.50. The van der Waals surface area contributed by atoms with E-state index in [-0.39, 0.29) is 12.7 Å². The van der Waals surface area contributed by atoms with Crippen LogP contribution in [-0.4, -0.2) is 40.5 Å². The molecule has 0 aliphatic carbocycles. The van der Waals surface area contributed by atoms with Gasteiger partial charge in [0.1, 0.15) is 11.7 Å². The number of alkyl carbamates (subject to hydrolysis) is 1. The summed E-state index contributed by atoms with van der Waals surface area (Å²) >= 11 is 0. The lowest BCUT2D eigenvalue weighted by molar-refractivity contribution is 0.0519. The van der Waals surface area contributed by atoms with Crippen molar-refractivity contribution in [3.63, 3.8) is 0 Å². The molecule has 6 heteroatoms. The van der Waals surface area contributed by atoms with Crippen LogP contribution in [0.25, 0.3) is 0 Å². The van der Waals surface area contributed by atoms with Gasteiger partial charge in [-0.15, -0.1) is 0 Å². The van der Waals surface area contributed by atoms with Gasteiger partial charge in [-0.2, -0.15) is 0 Å². The van der Waals surface area contributed by atoms with E-state index in [9.17, 15) is 4.79 Å². The van der Waals surface area contributed by atoms with Crippen LogP contribution in [0.15, 0.2) is 18.3 Å². The summed E-state index contributed by atoms with van der Waals surface area (Å²) in [4.78, 5) is 15.8. The van der Waals surface area contributed by atoms with E-state index in [0.717, 1.165) is 0 Å². The summed E-state index contributed by atoms with van der Waals surface area (Å²) in [7, 11) is 0. The number of aromatic nitrogens is 1. The minimum absolute atomic E-state index is 0.0988. The quantitative estimate of drug-likeness (QED) is 0.831. The zero-order valence-electron chi connectivity index (χ0n) is 14.2. The molecule has 0 spiro atoms. The second-order valence-corrected chi connectivity index (χ2v) is 6.10. The number of pyridine rings is 1. The largest absolute Gasteiger partial charge is 0.485 e. The molecule has 0 saturated carbocycles. The summed E-state index contributed by atoms with van der Waals surface area (Å²) in [6, 6.07) is 3.05. The van der Waals surface area contributed by atoms with Crippen LogP contribution >= 0.6 is 0 Å². The van der Waals surface area contributed by atoms with E-state index >= 15 is 0 Å². The Kier molecular flexibility index (Phi) is 6.86. The average Bonchev–Trinajstić information content (AvgIpc) is 2.44. The summed E-state index contributed by atoms with van der Waals surface area (Å²) < 4.78 is 10.7. The normalized spacial score (nSPS) is 13.3. The number of carbonyl (C=O) groups is 1. The van der Waals surface area contributed by atoms with Crippen molar-refractivity contribution in [1.82, 2.24) is 10.3 Å². The first-order chi connectivity index (χ1) is 10.7. The van der Waals surface area contributed by atoms with Crippen molar-refractivity contribution in [1.29, 1.82) is 0 Å². The molecule has 1 amide bonds. The van der Waals surface area contributed by atoms with Crippen molar-refractivity contribution < 1.29 is 19.4 Å². The van der Waals surface area contributed by atoms with E-state index in [2.05, 4.69) is 22.1 Å². The second kappa shape index (κ2) is 8.39. The van der Waals surface area contributed by atoms with Gasteiger partial charge in [0.2, 0.25) is 0 Å². The maximum absolute atomic E-state index is 11.7. The lowest BCUT2D eigenvalue weighted by Crippen LogP contribution is -2.37. The third-order valence-corrected chi connectivity index (χ3v) is 2.50. The fraction of sp³-hybridized carbons (Fsp3) is 0.529. The molecule has 1 heterocycles. The molecule has 126 valence electrons. The minimum Gasteiger partial charge on any atom is -0.485 e. The Hall–Kier alpha value is -2.26. The Balaban J connectivity index is 2.73. The fourth-order valence-corrected chi connectivity index (χ4v) is 1.53. The maximum Gasteiger partial charge on any atom is 0.408 e. The van der Waals surface area contributed by atoms with Crippen LogP contribution in [0.3, 0.4) is 0 Å². The molecule has 1 unspecified atom stereocenters. The Labute approximate surface area is 137 Å². The van der Waals surface area contributed by atoms with Crippen LogP contribution in [0.1, 0.15) is 40.3 Å². The van der Waals surface area contributed by atoms with Crippen LogP contribution in [0, 0.1) is 11.8 Å². The molecule has 0 bridgehead atoms. The van der Waals surface area contributed by atoms with E-state index in [0.29, 0.717) is 11.4 Å². The zero-order chi connectivity index (χ0) is 17.5. The van der Waals surface area contributed by atoms with E-state index in [1.54, 1.807) is 52.9 Å². The highest BCUT2D eigenvalue weighted by atomic mass is 16.6. The topological polar surface area (TPSA) is 80.7 Å². The molecule has 1 aromatic heterocycles. The molecular weight excluding hydrogens is 296 g/mol. The zero-order valence-corrected chi connectivity index (χ0v) is 14.2. The Morgan fingerprint density at radius 3 is 2.74 bits per heavy atom. The lowest BCUT2D eigenvalue weighted by atomic mass is 10.2. The predicted octanol–water partition coefficient (Wildman–Crippen LogP) is 2.11. The van der Waals surface area contributed by atoms with E-state index in [4.69, 9.17) is 14.6 Å². The molecule has 0 radical (unpaired) electrons. The average molecular weight is 320 g/mol. The smallest absolute Gasteiger partial charge is 0.408 e. The van der Waals surface area contributed by atoms with Gasteiger partial charge >= 0.3 is 6.09 Å². The molecule has 2 atom stereocenters. The van der Waals surface area contributed by atoms with E-state index in [1.807, 2.05) is 0 Å². The van der Waals surface area contributed by atoms with Gasteiger partial charge in [0.25, 0.3) is 0 Å². The van der Waals surface area contributed by atoms with Crippen LogP contribution in [0.2, 0.25) is 0 Å². The third kappa shape index (κ3) is 7.52. The van der Waals surface area contributed by atoms with Gasteiger partial charge in [-0.1, -0.05) is 5.92 Å². The highest BCUT2D eigenvalue weighted by Crippen LogP contribution is 2.15. The van der Waals surface area contributed by atoms with Gasteiger partial charge < -0.3 is 19.9 Å². The number of nitrogens with one attached hydrogen (secondary N) is 1. The minimum atomic E-state index is -0.556. The number of nitrogens with zero attached hydrogens (tertiary/aromatic N) is 1. The fourth-order valence-electron chi connectivity index (χ4n) is 1.53. The van der Waals surface area contributed by atoms with Crippen LogP contribution in [-0.2, 0) is 4.74 Å². The number of amides is 1. The number of hydrogen-bond acceptors (Lipinski definition) is 5. The van der Waals surface area contributed by atoms with Crippen molar-refractivity contribution >= 4 is 6.09 Å². The Bertz CT molecular complexity index is 584. The number of hydrogen-bond donors (Lipinski definition) is 2. The second-order valence-electron chi connectivity index (χ2n) is 6.10. The molecule has 0 saturated heterocycles. The first-order valence-electron chi connectivity index (χ1n) is 7.45. The summed E-state index contributed by atoms with van der Waals surface area (Å²) in [5, 5.41) is 11.7. The van der Waals surface area contributed by atoms with Crippen LogP contribution in [0.5, 0.6) is 5.75 Å². The first-order valence-corrected chi connectivity index (χ1v) is 7.45. The SMILES string of the molecule is CC(C#Cc1ncccc1O[C@H](C)CO)NC(=O)OC(C)(C)C. The van der Waals surface area contributed by atoms with E-state index in [1.165, 1.54) is 0 Å². The van der Waals surface area contributed by atoms with E-state index < -0.39 is 17.7 Å². The monoisotopic (exact) mass is 320 g/mol. The number of aliphatic hydroxyl groups is 1. The standard InChI is InChI=1S/C17H24N2O4/c1-12(19-16(21)23-17(3,4)5)8-9-14-15(7-6-10-18-14)22-13(2)11-20/h6-7,10,12-13,20H,11H2,1-5H3,(H,19,21)/t12?,13-/m1/s1. The summed E-state index contributed by atoms with van der Waals surface area (Å²) in [6.45, 7) is 8.78. The summed E-state index contributed by atoms with van der Waals surface area (Å²) in [5.74, 6) is 6.24. The van der Waals surface area contributed by atoms with Crippen molar-refractivity contribution in [2.75, 3.05) is 6.61 Å². The highest BCUT2D eigenvalue weighted by molar-refractivity contribution is 5.68. The van der Waals surface area contributed by atoms with Crippen LogP contribution < -0.4 is 10.1 Å². The molecule has 1 aromatic rings. The van der Waals surface area contributed by atoms with Gasteiger partial charge in [0.15, 0.2) is 11.4 Å². The Morgan fingerprint density at radius 1 is 1.43 bits per heavy atom. The number of ether oxygens (including phenoxy) is 2. The molecular formula is C17H24N2O4. The molecule has 0 aromatic carbocycles. The van der Waals surface area contributed by atoms with Crippen molar-refractivity contribution in [3.8, 4) is 17.6 Å². The summed E-state index contributed by atoms with van der Waals surface area (Å²) in [5.41, 5.74) is -0.106. The van der Waals surface area contributed by atoms with Gasteiger partial charge in [-0.25, -0.2) is 9.78 Å². The lowest BCUT2D eigenvalue weighted by Gasteiger charge is -2.20. The molecule has 0 fully saturated rings. The number of rotatable bonds is 4. The Morgan fingerprint density at radius 2 is 2.13 bits per heavy atom. The van der Waals surface area contributed by atoms with Gasteiger partial charge in [0.05, 0.1) is 12.6 Å². The first kappa shape index (κ1) is 18.8. The van der Waals surface area contributed by atoms with Gasteiger partial charge in [0, 0.05) is 6.20 Å². The summed E-state index contributed by atoms with van der Waals surface area (Å²) in [6.07, 6.45) is 0.731. The number of carbonyl (C=O) groups excluding carboxylic acids is 1. The molecule has 0 aliphatic rings. The van der Waals surface area contributed by atoms with Gasteiger partial charge in [-0.05, 0) is 52.7 Å². The molecule has 23 heavy (non-hydrogen) atoms. The molecule has 1 rings (SSSR count). The molecule has 0 aliphatic heterocycles.